The molecule has 1 aliphatic rings. The van der Waals surface area contributed by atoms with Crippen LogP contribution in [0.5, 0.6) is 5.75 Å². The van der Waals surface area contributed by atoms with E-state index in [0.29, 0.717) is 6.04 Å². The van der Waals surface area contributed by atoms with Gasteiger partial charge in [0.25, 0.3) is 0 Å². The normalized spacial score (nSPS) is 14.5. The first kappa shape index (κ1) is 18.6. The van der Waals surface area contributed by atoms with E-state index >= 15 is 0 Å². The molecule has 1 aliphatic carbocycles. The first-order chi connectivity index (χ1) is 13.7. The van der Waals surface area contributed by atoms with Crippen LogP contribution in [0.25, 0.3) is 16.9 Å². The largest absolute Gasteiger partial charge is 0.497 e. The number of hydrogen-bond donors (Lipinski definition) is 1. The Morgan fingerprint density at radius 3 is 2.71 bits per heavy atom. The van der Waals surface area contributed by atoms with Crippen LogP contribution in [0.2, 0.25) is 0 Å². The minimum absolute atomic E-state index is 0.0638. The molecule has 2 aromatic carbocycles. The lowest BCUT2D eigenvalue weighted by Gasteiger charge is -2.15. The van der Waals surface area contributed by atoms with Crippen LogP contribution in [-0.4, -0.2) is 33.9 Å². The van der Waals surface area contributed by atoms with Crippen molar-refractivity contribution >= 4 is 17.7 Å². The zero-order valence-corrected chi connectivity index (χ0v) is 16.8. The molecule has 1 aromatic heterocycles. The fourth-order valence-corrected chi connectivity index (χ4v) is 3.90. The molecule has 1 heterocycles. The molecule has 28 heavy (non-hydrogen) atoms. The first-order valence-corrected chi connectivity index (χ1v) is 10.3. The van der Waals surface area contributed by atoms with E-state index in [9.17, 15) is 4.79 Å². The third-order valence-corrected chi connectivity index (χ3v) is 5.75. The lowest BCUT2D eigenvalue weighted by Crippen LogP contribution is -2.32. The van der Waals surface area contributed by atoms with Gasteiger partial charge >= 0.3 is 0 Å². The number of thioether (sulfide) groups is 1. The topological polar surface area (TPSA) is 56.2 Å². The van der Waals surface area contributed by atoms with Crippen LogP contribution < -0.4 is 10.1 Å². The van der Waals surface area contributed by atoms with Gasteiger partial charge in [-0.3, -0.25) is 9.36 Å². The highest BCUT2D eigenvalue weighted by Crippen LogP contribution is 2.33. The van der Waals surface area contributed by atoms with Crippen molar-refractivity contribution in [3.8, 4) is 22.7 Å². The van der Waals surface area contributed by atoms with E-state index in [1.807, 2.05) is 55.6 Å². The van der Waals surface area contributed by atoms with E-state index in [1.54, 1.807) is 7.11 Å². The van der Waals surface area contributed by atoms with Crippen molar-refractivity contribution in [2.45, 2.75) is 36.2 Å². The number of rotatable bonds is 7. The molecule has 1 amide bonds. The summed E-state index contributed by atoms with van der Waals surface area (Å²) in [7, 11) is 1.66. The molecule has 1 atom stereocenters. The average Bonchev–Trinajstić information content (AvgIpc) is 3.45. The predicted molar refractivity (Wildman–Crippen MR) is 112 cm³/mol. The Balaban J connectivity index is 1.71. The fraction of sp³-hybridized carbons (Fsp3) is 0.273. The number of nitrogens with one attached hydrogen (secondary N) is 1. The Morgan fingerprint density at radius 2 is 2.00 bits per heavy atom. The van der Waals surface area contributed by atoms with Gasteiger partial charge in [-0.05, 0) is 31.9 Å². The summed E-state index contributed by atoms with van der Waals surface area (Å²) in [5.41, 5.74) is 3.00. The summed E-state index contributed by atoms with van der Waals surface area (Å²) in [6, 6.07) is 18.4. The fourth-order valence-electron chi connectivity index (χ4n) is 2.99. The van der Waals surface area contributed by atoms with E-state index in [4.69, 9.17) is 4.74 Å². The van der Waals surface area contributed by atoms with Crippen LogP contribution >= 0.6 is 11.8 Å². The molecule has 3 aromatic rings. The van der Waals surface area contributed by atoms with Gasteiger partial charge in [0, 0.05) is 17.7 Å². The molecule has 0 unspecified atom stereocenters. The quantitative estimate of drug-likeness (QED) is 0.608. The standard InChI is InChI=1S/C22H23N3O2S/c1-15(21(26)24-17-11-12-17)28-22-23-14-20(16-7-4-3-5-8-16)25(22)18-9-6-10-19(13-18)27-2/h3-10,13-15,17H,11-12H2,1-2H3,(H,24,26)/t15-/m0/s1. The van der Waals surface area contributed by atoms with E-state index in [-0.39, 0.29) is 11.2 Å². The molecular weight excluding hydrogens is 370 g/mol. The maximum atomic E-state index is 12.4. The van der Waals surface area contributed by atoms with E-state index in [0.717, 1.165) is 40.7 Å². The number of imidazole rings is 1. The number of amides is 1. The SMILES string of the molecule is COc1cccc(-n2c(-c3ccccc3)cnc2S[C@@H](C)C(=O)NC2CC2)c1. The Labute approximate surface area is 169 Å². The van der Waals surface area contributed by atoms with Crippen LogP contribution in [0, 0.1) is 0 Å². The Kier molecular flexibility index (Phi) is 5.39. The van der Waals surface area contributed by atoms with Crippen molar-refractivity contribution in [3.63, 3.8) is 0 Å². The smallest absolute Gasteiger partial charge is 0.233 e. The van der Waals surface area contributed by atoms with E-state index in [1.165, 1.54) is 11.8 Å². The summed E-state index contributed by atoms with van der Waals surface area (Å²) in [6.45, 7) is 1.93. The number of hydrogen-bond acceptors (Lipinski definition) is 4. The van der Waals surface area contributed by atoms with Crippen LogP contribution in [0.3, 0.4) is 0 Å². The Bertz CT molecular complexity index is 967. The number of nitrogens with zero attached hydrogens (tertiary/aromatic N) is 2. The molecule has 6 heteroatoms. The number of benzene rings is 2. The second kappa shape index (κ2) is 8.10. The third-order valence-electron chi connectivity index (χ3n) is 4.69. The van der Waals surface area contributed by atoms with Gasteiger partial charge in [-0.25, -0.2) is 4.98 Å². The zero-order valence-electron chi connectivity index (χ0n) is 16.0. The Hall–Kier alpha value is -2.73. The van der Waals surface area contributed by atoms with Gasteiger partial charge in [0.05, 0.1) is 29.9 Å². The summed E-state index contributed by atoms with van der Waals surface area (Å²) in [4.78, 5) is 17.1. The summed E-state index contributed by atoms with van der Waals surface area (Å²) >= 11 is 1.47. The number of carbonyl (C=O) groups excluding carboxylic acids is 1. The van der Waals surface area contributed by atoms with Gasteiger partial charge in [0.15, 0.2) is 5.16 Å². The molecule has 0 spiro atoms. The van der Waals surface area contributed by atoms with E-state index in [2.05, 4.69) is 27.0 Å². The number of carbonyl (C=O) groups is 1. The van der Waals surface area contributed by atoms with Gasteiger partial charge < -0.3 is 10.1 Å². The highest BCUT2D eigenvalue weighted by Gasteiger charge is 2.27. The van der Waals surface area contributed by atoms with Crippen LogP contribution in [-0.2, 0) is 4.79 Å². The predicted octanol–water partition coefficient (Wildman–Crippen LogP) is 4.31. The maximum Gasteiger partial charge on any atom is 0.233 e. The zero-order chi connectivity index (χ0) is 19.5. The summed E-state index contributed by atoms with van der Waals surface area (Å²) < 4.78 is 7.49. The van der Waals surface area contributed by atoms with Crippen molar-refractivity contribution in [3.05, 3.63) is 60.8 Å². The van der Waals surface area contributed by atoms with Gasteiger partial charge in [-0.15, -0.1) is 0 Å². The monoisotopic (exact) mass is 393 g/mol. The van der Waals surface area contributed by atoms with Crippen LogP contribution in [0.1, 0.15) is 19.8 Å². The van der Waals surface area contributed by atoms with Crippen molar-refractivity contribution in [1.82, 2.24) is 14.9 Å². The van der Waals surface area contributed by atoms with Gasteiger partial charge in [-0.1, -0.05) is 48.2 Å². The lowest BCUT2D eigenvalue weighted by molar-refractivity contribution is -0.120. The minimum atomic E-state index is -0.226. The minimum Gasteiger partial charge on any atom is -0.497 e. The third kappa shape index (κ3) is 4.07. The van der Waals surface area contributed by atoms with Gasteiger partial charge in [0.1, 0.15) is 5.75 Å². The highest BCUT2D eigenvalue weighted by molar-refractivity contribution is 8.00. The Morgan fingerprint density at radius 1 is 1.21 bits per heavy atom. The number of aromatic nitrogens is 2. The molecule has 1 N–H and O–H groups in total. The molecule has 4 rings (SSSR count). The maximum absolute atomic E-state index is 12.4. The van der Waals surface area contributed by atoms with Crippen molar-refractivity contribution in [1.29, 1.82) is 0 Å². The second-order valence-electron chi connectivity index (χ2n) is 6.87. The molecule has 0 aliphatic heterocycles. The number of ether oxygens (including phenoxy) is 1. The van der Waals surface area contributed by atoms with Gasteiger partial charge in [-0.2, -0.15) is 0 Å². The molecule has 1 fully saturated rings. The lowest BCUT2D eigenvalue weighted by atomic mass is 10.1. The highest BCUT2D eigenvalue weighted by atomic mass is 32.2. The second-order valence-corrected chi connectivity index (χ2v) is 8.18. The van der Waals surface area contributed by atoms with Crippen LogP contribution in [0.15, 0.2) is 66.0 Å². The van der Waals surface area contributed by atoms with Crippen molar-refractivity contribution in [2.75, 3.05) is 7.11 Å². The van der Waals surface area contributed by atoms with E-state index < -0.39 is 0 Å². The number of methoxy groups -OCH3 is 1. The molecule has 0 bridgehead atoms. The molecule has 5 nitrogen and oxygen atoms in total. The molecule has 0 radical (unpaired) electrons. The summed E-state index contributed by atoms with van der Waals surface area (Å²) in [6.07, 6.45) is 4.03. The van der Waals surface area contributed by atoms with Gasteiger partial charge in [0.2, 0.25) is 5.91 Å². The summed E-state index contributed by atoms with van der Waals surface area (Å²) in [5.74, 6) is 0.842. The van der Waals surface area contributed by atoms with Crippen molar-refractivity contribution in [2.24, 2.45) is 0 Å². The average molecular weight is 394 g/mol. The summed E-state index contributed by atoms with van der Waals surface area (Å²) in [5, 5.41) is 3.63. The van der Waals surface area contributed by atoms with Crippen LogP contribution in [0.4, 0.5) is 0 Å². The molecular formula is C22H23N3O2S. The molecule has 1 saturated carbocycles. The first-order valence-electron chi connectivity index (χ1n) is 9.40. The van der Waals surface area contributed by atoms with Crippen molar-refractivity contribution < 1.29 is 9.53 Å². The molecule has 0 saturated heterocycles. The molecule has 144 valence electrons.